The highest BCUT2D eigenvalue weighted by Crippen LogP contribution is 2.31. The van der Waals surface area contributed by atoms with Crippen LogP contribution in [0.15, 0.2) is 41.0 Å². The molecule has 26 heavy (non-hydrogen) atoms. The van der Waals surface area contributed by atoms with E-state index in [0.717, 1.165) is 29.4 Å². The molecule has 0 saturated heterocycles. The first kappa shape index (κ1) is 16.5. The molecule has 0 bridgehead atoms. The maximum absolute atomic E-state index is 12.5. The number of hydrogen-bond donors (Lipinski definition) is 1. The molecule has 0 saturated carbocycles. The van der Waals surface area contributed by atoms with E-state index < -0.39 is 0 Å². The van der Waals surface area contributed by atoms with Gasteiger partial charge in [-0.05, 0) is 42.5 Å². The SMILES string of the molecule is COc1cc(NC(=O)Cc2coc3cc4c(cc23)CCC4)cc(OC)c1. The van der Waals surface area contributed by atoms with E-state index in [1.807, 2.05) is 0 Å². The van der Waals surface area contributed by atoms with Crippen molar-refractivity contribution in [2.75, 3.05) is 19.5 Å². The Balaban J connectivity index is 1.54. The lowest BCUT2D eigenvalue weighted by molar-refractivity contribution is -0.115. The van der Waals surface area contributed by atoms with Crippen molar-refractivity contribution in [1.29, 1.82) is 0 Å². The molecule has 1 aliphatic rings. The Labute approximate surface area is 151 Å². The van der Waals surface area contributed by atoms with Crippen LogP contribution in [0, 0.1) is 0 Å². The van der Waals surface area contributed by atoms with Gasteiger partial charge >= 0.3 is 0 Å². The number of anilines is 1. The van der Waals surface area contributed by atoms with Crippen molar-refractivity contribution in [3.8, 4) is 11.5 Å². The summed E-state index contributed by atoms with van der Waals surface area (Å²) in [5.41, 5.74) is 5.14. The number of methoxy groups -OCH3 is 2. The van der Waals surface area contributed by atoms with Crippen LogP contribution in [0.1, 0.15) is 23.1 Å². The quantitative estimate of drug-likeness (QED) is 0.751. The number of benzene rings is 2. The van der Waals surface area contributed by atoms with E-state index in [2.05, 4.69) is 17.4 Å². The third-order valence-electron chi connectivity index (χ3n) is 4.85. The Bertz CT molecular complexity index is 951. The van der Waals surface area contributed by atoms with Crippen LogP contribution in [-0.4, -0.2) is 20.1 Å². The number of hydrogen-bond acceptors (Lipinski definition) is 4. The van der Waals surface area contributed by atoms with Crippen molar-refractivity contribution in [3.05, 3.63) is 53.3 Å². The number of nitrogens with one attached hydrogen (secondary N) is 1. The summed E-state index contributed by atoms with van der Waals surface area (Å²) < 4.78 is 16.2. The van der Waals surface area contributed by atoms with Crippen LogP contribution in [-0.2, 0) is 24.1 Å². The molecule has 1 heterocycles. The average molecular weight is 351 g/mol. The molecule has 5 heteroatoms. The fourth-order valence-electron chi connectivity index (χ4n) is 3.54. The van der Waals surface area contributed by atoms with Gasteiger partial charge in [0.15, 0.2) is 0 Å². The summed E-state index contributed by atoms with van der Waals surface area (Å²) in [5.74, 6) is 1.15. The zero-order valence-corrected chi connectivity index (χ0v) is 14.9. The molecule has 134 valence electrons. The van der Waals surface area contributed by atoms with Gasteiger partial charge in [-0.25, -0.2) is 0 Å². The summed E-state index contributed by atoms with van der Waals surface area (Å²) >= 11 is 0. The number of fused-ring (bicyclic) bond motifs is 2. The number of amides is 1. The largest absolute Gasteiger partial charge is 0.497 e. The molecule has 1 amide bonds. The zero-order valence-electron chi connectivity index (χ0n) is 14.9. The molecule has 1 N–H and O–H groups in total. The van der Waals surface area contributed by atoms with E-state index in [4.69, 9.17) is 13.9 Å². The predicted octanol–water partition coefficient (Wildman–Crippen LogP) is 4.12. The van der Waals surface area contributed by atoms with Crippen molar-refractivity contribution in [3.63, 3.8) is 0 Å². The van der Waals surface area contributed by atoms with Gasteiger partial charge in [0.1, 0.15) is 17.1 Å². The minimum Gasteiger partial charge on any atom is -0.497 e. The summed E-state index contributed by atoms with van der Waals surface area (Å²) in [6, 6.07) is 9.59. The van der Waals surface area contributed by atoms with Crippen LogP contribution >= 0.6 is 0 Å². The highest BCUT2D eigenvalue weighted by atomic mass is 16.5. The Kier molecular flexibility index (Phi) is 4.29. The van der Waals surface area contributed by atoms with Gasteiger partial charge < -0.3 is 19.2 Å². The average Bonchev–Trinajstić information content (AvgIpc) is 3.26. The molecule has 0 atom stereocenters. The van der Waals surface area contributed by atoms with Gasteiger partial charge in [-0.2, -0.15) is 0 Å². The Morgan fingerprint density at radius 3 is 2.42 bits per heavy atom. The molecule has 0 spiro atoms. The first-order valence-corrected chi connectivity index (χ1v) is 8.71. The molecule has 2 aromatic carbocycles. The Morgan fingerprint density at radius 1 is 1.04 bits per heavy atom. The maximum atomic E-state index is 12.5. The minimum atomic E-state index is -0.108. The molecule has 3 aromatic rings. The van der Waals surface area contributed by atoms with E-state index in [1.54, 1.807) is 38.7 Å². The van der Waals surface area contributed by atoms with Gasteiger partial charge in [-0.15, -0.1) is 0 Å². The lowest BCUT2D eigenvalue weighted by Crippen LogP contribution is -2.14. The Morgan fingerprint density at radius 2 is 1.73 bits per heavy atom. The van der Waals surface area contributed by atoms with Gasteiger partial charge in [0.25, 0.3) is 0 Å². The molecular formula is C21H21NO4. The topological polar surface area (TPSA) is 60.7 Å². The van der Waals surface area contributed by atoms with Gasteiger partial charge in [-0.1, -0.05) is 0 Å². The van der Waals surface area contributed by atoms with Crippen molar-refractivity contribution < 1.29 is 18.7 Å². The maximum Gasteiger partial charge on any atom is 0.228 e. The third-order valence-corrected chi connectivity index (χ3v) is 4.85. The number of ether oxygens (including phenoxy) is 2. The second kappa shape index (κ2) is 6.75. The molecule has 1 aromatic heterocycles. The van der Waals surface area contributed by atoms with Crippen LogP contribution in [0.5, 0.6) is 11.5 Å². The van der Waals surface area contributed by atoms with E-state index in [-0.39, 0.29) is 12.3 Å². The first-order valence-electron chi connectivity index (χ1n) is 8.71. The first-order chi connectivity index (χ1) is 12.7. The molecule has 0 unspecified atom stereocenters. The van der Waals surface area contributed by atoms with Crippen molar-refractivity contribution in [2.24, 2.45) is 0 Å². The highest BCUT2D eigenvalue weighted by Gasteiger charge is 2.17. The molecular weight excluding hydrogens is 330 g/mol. The van der Waals surface area contributed by atoms with Crippen LogP contribution in [0.4, 0.5) is 5.69 Å². The van der Waals surface area contributed by atoms with Crippen molar-refractivity contribution >= 4 is 22.6 Å². The number of aryl methyl sites for hydroxylation is 2. The zero-order chi connectivity index (χ0) is 18.1. The van der Waals surface area contributed by atoms with E-state index in [1.165, 1.54) is 17.5 Å². The van der Waals surface area contributed by atoms with E-state index >= 15 is 0 Å². The summed E-state index contributed by atoms with van der Waals surface area (Å²) in [7, 11) is 3.16. The smallest absolute Gasteiger partial charge is 0.228 e. The molecule has 4 rings (SSSR count). The summed E-state index contributed by atoms with van der Waals surface area (Å²) in [5, 5.41) is 3.94. The highest BCUT2D eigenvalue weighted by molar-refractivity contribution is 5.96. The van der Waals surface area contributed by atoms with Gasteiger partial charge in [-0.3, -0.25) is 4.79 Å². The third kappa shape index (κ3) is 3.12. The van der Waals surface area contributed by atoms with Crippen LogP contribution in [0.3, 0.4) is 0 Å². The van der Waals surface area contributed by atoms with Gasteiger partial charge in [0.05, 0.1) is 26.9 Å². The Hall–Kier alpha value is -2.95. The summed E-state index contributed by atoms with van der Waals surface area (Å²) in [4.78, 5) is 12.5. The minimum absolute atomic E-state index is 0.108. The molecule has 0 aliphatic heterocycles. The standard InChI is InChI=1S/C21H21NO4/c1-24-17-9-16(10-18(11-17)25-2)22-21(23)8-15-12-26-20-7-14-5-3-4-13(14)6-19(15)20/h6-7,9-12H,3-5,8H2,1-2H3,(H,22,23). The lowest BCUT2D eigenvalue weighted by Gasteiger charge is -2.09. The van der Waals surface area contributed by atoms with Crippen LogP contribution < -0.4 is 14.8 Å². The van der Waals surface area contributed by atoms with Gasteiger partial charge in [0.2, 0.25) is 5.91 Å². The predicted molar refractivity (Wildman–Crippen MR) is 100 cm³/mol. The molecule has 0 fully saturated rings. The number of rotatable bonds is 5. The fourth-order valence-corrected chi connectivity index (χ4v) is 3.54. The van der Waals surface area contributed by atoms with Gasteiger partial charge in [0, 0.05) is 34.8 Å². The van der Waals surface area contributed by atoms with Crippen LogP contribution in [0.25, 0.3) is 11.0 Å². The molecule has 5 nitrogen and oxygen atoms in total. The van der Waals surface area contributed by atoms with Crippen molar-refractivity contribution in [1.82, 2.24) is 0 Å². The lowest BCUT2D eigenvalue weighted by atomic mass is 10.0. The van der Waals surface area contributed by atoms with Crippen LogP contribution in [0.2, 0.25) is 0 Å². The fraction of sp³-hybridized carbons (Fsp3) is 0.286. The second-order valence-corrected chi connectivity index (χ2v) is 6.56. The van der Waals surface area contributed by atoms with E-state index in [9.17, 15) is 4.79 Å². The van der Waals surface area contributed by atoms with E-state index in [0.29, 0.717) is 17.2 Å². The normalized spacial score (nSPS) is 12.8. The monoisotopic (exact) mass is 351 g/mol. The summed E-state index contributed by atoms with van der Waals surface area (Å²) in [6.45, 7) is 0. The summed E-state index contributed by atoms with van der Waals surface area (Å²) in [6.07, 6.45) is 5.34. The molecule has 0 radical (unpaired) electrons. The van der Waals surface area contributed by atoms with Crippen molar-refractivity contribution in [2.45, 2.75) is 25.7 Å². The number of carbonyl (C=O) groups excluding carboxylic acids is 1. The second-order valence-electron chi connectivity index (χ2n) is 6.56. The molecule has 1 aliphatic carbocycles. The number of carbonyl (C=O) groups is 1. The number of furan rings is 1.